The van der Waals surface area contributed by atoms with E-state index in [1.165, 1.54) is 24.1 Å². The first-order chi connectivity index (χ1) is 16.0. The van der Waals surface area contributed by atoms with E-state index in [4.69, 9.17) is 0 Å². The SMILES string of the molecule is CC(C)CCN[C@@H](CC(C)C)C(=O)N1CCCC(N(Sc2cccc(C(F)(F)F)c2)C2CC2)C1. The molecule has 8 heteroatoms. The summed E-state index contributed by atoms with van der Waals surface area (Å²) in [5.74, 6) is 1.17. The van der Waals surface area contributed by atoms with E-state index in [1.807, 2.05) is 4.90 Å². The largest absolute Gasteiger partial charge is 0.416 e. The van der Waals surface area contributed by atoms with Crippen LogP contribution in [0.25, 0.3) is 0 Å². The monoisotopic (exact) mass is 499 g/mol. The fourth-order valence-corrected chi connectivity index (χ4v) is 5.74. The highest BCUT2D eigenvalue weighted by Gasteiger charge is 2.39. The Morgan fingerprint density at radius 1 is 1.15 bits per heavy atom. The van der Waals surface area contributed by atoms with Crippen LogP contribution in [0, 0.1) is 11.8 Å². The van der Waals surface area contributed by atoms with Gasteiger partial charge in [-0.15, -0.1) is 0 Å². The summed E-state index contributed by atoms with van der Waals surface area (Å²) in [7, 11) is 0. The molecular weight excluding hydrogens is 459 g/mol. The topological polar surface area (TPSA) is 35.6 Å². The summed E-state index contributed by atoms with van der Waals surface area (Å²) < 4.78 is 41.9. The molecule has 1 heterocycles. The summed E-state index contributed by atoms with van der Waals surface area (Å²) in [4.78, 5) is 16.1. The lowest BCUT2D eigenvalue weighted by Gasteiger charge is -2.40. The molecule has 1 aliphatic carbocycles. The molecule has 1 aromatic carbocycles. The second kappa shape index (κ2) is 12.1. The van der Waals surface area contributed by atoms with Crippen molar-refractivity contribution in [2.45, 2.75) is 95.4 Å². The number of nitrogens with one attached hydrogen (secondary N) is 1. The molecule has 2 aliphatic rings. The van der Waals surface area contributed by atoms with Gasteiger partial charge in [0.2, 0.25) is 5.91 Å². The molecule has 1 N–H and O–H groups in total. The molecule has 4 nitrogen and oxygen atoms in total. The zero-order chi connectivity index (χ0) is 24.9. The van der Waals surface area contributed by atoms with Gasteiger partial charge in [-0.1, -0.05) is 33.8 Å². The van der Waals surface area contributed by atoms with Crippen LogP contribution in [0.15, 0.2) is 29.2 Å². The number of rotatable bonds is 11. The van der Waals surface area contributed by atoms with Crippen molar-refractivity contribution < 1.29 is 18.0 Å². The van der Waals surface area contributed by atoms with Gasteiger partial charge in [-0.3, -0.25) is 4.79 Å². The summed E-state index contributed by atoms with van der Waals surface area (Å²) >= 11 is 1.43. The molecule has 1 saturated carbocycles. The summed E-state index contributed by atoms with van der Waals surface area (Å²) in [5.41, 5.74) is -0.613. The number of carbonyl (C=O) groups is 1. The third-order valence-corrected chi connectivity index (χ3v) is 7.74. The lowest BCUT2D eigenvalue weighted by atomic mass is 9.99. The number of amides is 1. The Morgan fingerprint density at radius 3 is 2.50 bits per heavy atom. The number of alkyl halides is 3. The number of piperidine rings is 1. The minimum Gasteiger partial charge on any atom is -0.340 e. The predicted molar refractivity (Wildman–Crippen MR) is 132 cm³/mol. The van der Waals surface area contributed by atoms with Gasteiger partial charge in [-0.2, -0.15) is 13.2 Å². The Hall–Kier alpha value is -1.25. The van der Waals surface area contributed by atoms with Crippen LogP contribution in [0.2, 0.25) is 0 Å². The van der Waals surface area contributed by atoms with Crippen LogP contribution in [0.1, 0.15) is 71.8 Å². The predicted octanol–water partition coefficient (Wildman–Crippen LogP) is 6.22. The molecule has 2 fully saturated rings. The molecular formula is C26H40F3N3OS. The molecule has 1 aromatic rings. The van der Waals surface area contributed by atoms with E-state index in [-0.39, 0.29) is 18.0 Å². The van der Waals surface area contributed by atoms with Crippen LogP contribution in [-0.4, -0.2) is 52.9 Å². The number of likely N-dealkylation sites (tertiary alicyclic amines) is 1. The van der Waals surface area contributed by atoms with E-state index in [2.05, 4.69) is 37.3 Å². The molecule has 0 aromatic heterocycles. The molecule has 1 unspecified atom stereocenters. The number of halogens is 3. The second-order valence-corrected chi connectivity index (χ2v) is 11.7. The van der Waals surface area contributed by atoms with Crippen molar-refractivity contribution in [3.05, 3.63) is 29.8 Å². The van der Waals surface area contributed by atoms with Gasteiger partial charge in [0.1, 0.15) is 0 Å². The van der Waals surface area contributed by atoms with Crippen LogP contribution in [0.4, 0.5) is 13.2 Å². The summed E-state index contributed by atoms with van der Waals surface area (Å²) in [6, 6.07) is 5.93. The first kappa shape index (κ1) is 27.3. The van der Waals surface area contributed by atoms with Crippen molar-refractivity contribution >= 4 is 17.9 Å². The van der Waals surface area contributed by atoms with Gasteiger partial charge >= 0.3 is 6.18 Å². The van der Waals surface area contributed by atoms with E-state index in [9.17, 15) is 18.0 Å². The van der Waals surface area contributed by atoms with Crippen molar-refractivity contribution in [1.82, 2.24) is 14.5 Å². The third-order valence-electron chi connectivity index (χ3n) is 6.46. The van der Waals surface area contributed by atoms with Crippen molar-refractivity contribution in [1.29, 1.82) is 0 Å². The maximum absolute atomic E-state index is 13.5. The van der Waals surface area contributed by atoms with Gasteiger partial charge in [-0.25, -0.2) is 4.31 Å². The van der Waals surface area contributed by atoms with Crippen LogP contribution in [-0.2, 0) is 11.0 Å². The van der Waals surface area contributed by atoms with Gasteiger partial charge < -0.3 is 10.2 Å². The Balaban J connectivity index is 1.67. The molecule has 0 radical (unpaired) electrons. The Morgan fingerprint density at radius 2 is 1.88 bits per heavy atom. The molecule has 34 heavy (non-hydrogen) atoms. The first-order valence-electron chi connectivity index (χ1n) is 12.7. The molecule has 1 amide bonds. The standard InChI is InChI=1S/C26H40F3N3OS/c1-18(2)12-13-30-24(15-19(3)4)25(33)31-14-6-8-22(17-31)32(21-10-11-21)34-23-9-5-7-20(16-23)26(27,28)29/h5,7,9,16,18-19,21-22,24,30H,6,8,10-15,17H2,1-4H3/t22?,24-/m0/s1. The van der Waals surface area contributed by atoms with Crippen molar-refractivity contribution in [3.8, 4) is 0 Å². The van der Waals surface area contributed by atoms with Crippen LogP contribution >= 0.6 is 11.9 Å². The van der Waals surface area contributed by atoms with E-state index in [1.54, 1.807) is 6.07 Å². The molecule has 0 spiro atoms. The Bertz CT molecular complexity index is 798. The maximum Gasteiger partial charge on any atom is 0.416 e. The van der Waals surface area contributed by atoms with Crippen LogP contribution in [0.5, 0.6) is 0 Å². The van der Waals surface area contributed by atoms with Crippen LogP contribution in [0.3, 0.4) is 0 Å². The summed E-state index contributed by atoms with van der Waals surface area (Å²) in [5, 5.41) is 3.50. The number of hydrogen-bond acceptors (Lipinski definition) is 4. The van der Waals surface area contributed by atoms with Crippen molar-refractivity contribution in [3.63, 3.8) is 0 Å². The van der Waals surface area contributed by atoms with Crippen LogP contribution < -0.4 is 5.32 Å². The minimum absolute atomic E-state index is 0.153. The highest BCUT2D eigenvalue weighted by atomic mass is 32.2. The minimum atomic E-state index is -4.34. The fraction of sp³-hybridized carbons (Fsp3) is 0.731. The normalized spacial score (nSPS) is 20.4. The number of benzene rings is 1. The lowest BCUT2D eigenvalue weighted by Crippen LogP contribution is -2.54. The highest BCUT2D eigenvalue weighted by Crippen LogP contribution is 2.41. The van der Waals surface area contributed by atoms with E-state index in [0.29, 0.717) is 29.3 Å². The van der Waals surface area contributed by atoms with E-state index < -0.39 is 11.7 Å². The Kier molecular flexibility index (Phi) is 9.75. The maximum atomic E-state index is 13.5. The van der Waals surface area contributed by atoms with E-state index in [0.717, 1.165) is 57.7 Å². The number of nitrogens with zero attached hydrogens (tertiary/aromatic N) is 2. The third kappa shape index (κ3) is 8.16. The van der Waals surface area contributed by atoms with Crippen molar-refractivity contribution in [2.24, 2.45) is 11.8 Å². The van der Waals surface area contributed by atoms with Crippen molar-refractivity contribution in [2.75, 3.05) is 19.6 Å². The van der Waals surface area contributed by atoms with Gasteiger partial charge in [0.05, 0.1) is 11.6 Å². The molecule has 1 aliphatic heterocycles. The van der Waals surface area contributed by atoms with Gasteiger partial charge in [0, 0.05) is 30.1 Å². The average Bonchev–Trinajstić information content (AvgIpc) is 3.61. The summed E-state index contributed by atoms with van der Waals surface area (Å²) in [6.45, 7) is 10.9. The summed E-state index contributed by atoms with van der Waals surface area (Å²) in [6.07, 6.45) is 1.50. The van der Waals surface area contributed by atoms with Gasteiger partial charge in [-0.05, 0) is 87.1 Å². The quantitative estimate of drug-likeness (QED) is 0.367. The first-order valence-corrected chi connectivity index (χ1v) is 13.5. The van der Waals surface area contributed by atoms with Gasteiger partial charge in [0.15, 0.2) is 0 Å². The molecule has 3 rings (SSSR count). The lowest BCUT2D eigenvalue weighted by molar-refractivity contribution is -0.138. The number of carbonyl (C=O) groups excluding carboxylic acids is 1. The molecule has 192 valence electrons. The highest BCUT2D eigenvalue weighted by molar-refractivity contribution is 7.97. The Labute approximate surface area is 207 Å². The smallest absolute Gasteiger partial charge is 0.340 e. The van der Waals surface area contributed by atoms with Gasteiger partial charge in [0.25, 0.3) is 0 Å². The molecule has 2 atom stereocenters. The zero-order valence-electron chi connectivity index (χ0n) is 20.9. The second-order valence-electron chi connectivity index (χ2n) is 10.6. The fourth-order valence-electron chi connectivity index (χ4n) is 4.50. The number of hydrogen-bond donors (Lipinski definition) is 1. The van der Waals surface area contributed by atoms with E-state index >= 15 is 0 Å². The average molecular weight is 500 g/mol. The molecule has 1 saturated heterocycles. The zero-order valence-corrected chi connectivity index (χ0v) is 21.7. The molecule has 0 bridgehead atoms.